The highest BCUT2D eigenvalue weighted by atomic mass is 16.5. The first-order chi connectivity index (χ1) is 7.28. The van der Waals surface area contributed by atoms with Gasteiger partial charge in [0.25, 0.3) is 0 Å². The molecule has 80 valence electrons. The maximum absolute atomic E-state index is 11.0. The third-order valence-corrected chi connectivity index (χ3v) is 2.26. The van der Waals surface area contributed by atoms with Crippen molar-refractivity contribution in [2.24, 2.45) is 0 Å². The van der Waals surface area contributed by atoms with Crippen LogP contribution in [0.3, 0.4) is 0 Å². The van der Waals surface area contributed by atoms with E-state index in [4.69, 9.17) is 4.74 Å². The molecule has 0 radical (unpaired) electrons. The predicted octanol–water partition coefficient (Wildman–Crippen LogP) is 0.391. The summed E-state index contributed by atoms with van der Waals surface area (Å²) < 4.78 is 5.01. The smallest absolute Gasteiger partial charge is 0.222 e. The van der Waals surface area contributed by atoms with Crippen LogP contribution in [0.1, 0.15) is 6.42 Å². The van der Waals surface area contributed by atoms with E-state index in [2.05, 4.69) is 15.6 Å². The highest BCUT2D eigenvalue weighted by Crippen LogP contribution is 2.13. The number of hydrogen-bond donors (Lipinski definition) is 2. The second kappa shape index (κ2) is 4.16. The molecule has 15 heavy (non-hydrogen) atoms. The predicted molar refractivity (Wildman–Crippen MR) is 55.8 cm³/mol. The number of carbonyl (C=O) groups is 1. The zero-order valence-electron chi connectivity index (χ0n) is 8.49. The van der Waals surface area contributed by atoms with Gasteiger partial charge in [0, 0.05) is 19.0 Å². The molecule has 5 heteroatoms. The van der Waals surface area contributed by atoms with Gasteiger partial charge in [-0.15, -0.1) is 0 Å². The fourth-order valence-corrected chi connectivity index (χ4v) is 1.53. The molecule has 0 saturated carbocycles. The molecular formula is C10H13N3O2. The first kappa shape index (κ1) is 9.76. The first-order valence-electron chi connectivity index (χ1n) is 4.82. The van der Waals surface area contributed by atoms with Crippen LogP contribution in [-0.2, 0) is 4.79 Å². The van der Waals surface area contributed by atoms with Gasteiger partial charge in [0.2, 0.25) is 11.8 Å². The van der Waals surface area contributed by atoms with Crippen molar-refractivity contribution in [3.05, 3.63) is 18.2 Å². The molecule has 1 amide bonds. The van der Waals surface area contributed by atoms with Crippen LogP contribution in [0.2, 0.25) is 0 Å². The number of ether oxygens (including phenoxy) is 1. The molecule has 1 aliphatic rings. The Bertz CT molecular complexity index is 367. The molecule has 1 aromatic rings. The van der Waals surface area contributed by atoms with Crippen molar-refractivity contribution < 1.29 is 9.53 Å². The highest BCUT2D eigenvalue weighted by Gasteiger charge is 2.21. The molecular weight excluding hydrogens is 194 g/mol. The van der Waals surface area contributed by atoms with E-state index < -0.39 is 0 Å². The van der Waals surface area contributed by atoms with Gasteiger partial charge >= 0.3 is 0 Å². The zero-order chi connectivity index (χ0) is 10.7. The van der Waals surface area contributed by atoms with Crippen LogP contribution < -0.4 is 15.4 Å². The van der Waals surface area contributed by atoms with Gasteiger partial charge in [0.1, 0.15) is 5.82 Å². The summed E-state index contributed by atoms with van der Waals surface area (Å²) in [5.74, 6) is 1.38. The molecule has 1 aliphatic heterocycles. The van der Waals surface area contributed by atoms with Crippen LogP contribution in [0, 0.1) is 0 Å². The standard InChI is InChI=1S/C10H13N3O2/c1-15-10-4-2-3-8(13-10)12-7-5-9(14)11-6-7/h2-4,7H,5-6H2,1H3,(H,11,14)(H,12,13). The molecule has 1 fully saturated rings. The van der Waals surface area contributed by atoms with E-state index >= 15 is 0 Å². The Kier molecular flexibility index (Phi) is 2.71. The molecule has 1 unspecified atom stereocenters. The minimum Gasteiger partial charge on any atom is -0.481 e. The fraction of sp³-hybridized carbons (Fsp3) is 0.400. The van der Waals surface area contributed by atoms with Gasteiger partial charge in [0.05, 0.1) is 13.2 Å². The number of nitrogens with one attached hydrogen (secondary N) is 2. The largest absolute Gasteiger partial charge is 0.481 e. The van der Waals surface area contributed by atoms with Crippen LogP contribution >= 0.6 is 0 Å². The SMILES string of the molecule is COc1cccc(NC2CNC(=O)C2)n1. The van der Waals surface area contributed by atoms with Gasteiger partial charge in [-0.1, -0.05) is 6.07 Å². The molecule has 0 bridgehead atoms. The summed E-state index contributed by atoms with van der Waals surface area (Å²) in [4.78, 5) is 15.2. The quantitative estimate of drug-likeness (QED) is 0.752. The van der Waals surface area contributed by atoms with Crippen LogP contribution in [-0.4, -0.2) is 30.6 Å². The van der Waals surface area contributed by atoms with E-state index in [1.165, 1.54) is 0 Å². The van der Waals surface area contributed by atoms with Crippen LogP contribution in [0.5, 0.6) is 5.88 Å². The Labute approximate surface area is 87.8 Å². The third-order valence-electron chi connectivity index (χ3n) is 2.26. The van der Waals surface area contributed by atoms with Gasteiger partial charge in [0.15, 0.2) is 0 Å². The number of aromatic nitrogens is 1. The van der Waals surface area contributed by atoms with Gasteiger partial charge in [-0.3, -0.25) is 4.79 Å². The lowest BCUT2D eigenvalue weighted by molar-refractivity contribution is -0.119. The van der Waals surface area contributed by atoms with E-state index in [9.17, 15) is 4.79 Å². The lowest BCUT2D eigenvalue weighted by atomic mass is 10.2. The van der Waals surface area contributed by atoms with E-state index in [0.29, 0.717) is 18.8 Å². The number of anilines is 1. The third kappa shape index (κ3) is 2.37. The summed E-state index contributed by atoms with van der Waals surface area (Å²) >= 11 is 0. The molecule has 0 spiro atoms. The molecule has 1 saturated heterocycles. The minimum absolute atomic E-state index is 0.0791. The van der Waals surface area contributed by atoms with E-state index in [0.717, 1.165) is 5.82 Å². The molecule has 5 nitrogen and oxygen atoms in total. The van der Waals surface area contributed by atoms with Gasteiger partial charge < -0.3 is 15.4 Å². The maximum Gasteiger partial charge on any atom is 0.222 e. The van der Waals surface area contributed by atoms with Crippen molar-refractivity contribution >= 4 is 11.7 Å². The molecule has 2 N–H and O–H groups in total. The summed E-state index contributed by atoms with van der Waals surface area (Å²) in [6.07, 6.45) is 0.499. The van der Waals surface area contributed by atoms with Crippen LogP contribution in [0.25, 0.3) is 0 Å². The maximum atomic E-state index is 11.0. The monoisotopic (exact) mass is 207 g/mol. The Morgan fingerprint density at radius 3 is 3.13 bits per heavy atom. The Morgan fingerprint density at radius 2 is 2.47 bits per heavy atom. The van der Waals surface area contributed by atoms with Gasteiger partial charge in [-0.05, 0) is 6.07 Å². The van der Waals surface area contributed by atoms with E-state index in [1.54, 1.807) is 13.2 Å². The minimum atomic E-state index is 0.0791. The number of nitrogens with zero attached hydrogens (tertiary/aromatic N) is 1. The normalized spacial score (nSPS) is 19.8. The van der Waals surface area contributed by atoms with E-state index in [-0.39, 0.29) is 11.9 Å². The Balaban J connectivity index is 2.01. The zero-order valence-corrected chi connectivity index (χ0v) is 8.49. The molecule has 0 aliphatic carbocycles. The second-order valence-corrected chi connectivity index (χ2v) is 3.41. The summed E-state index contributed by atoms with van der Waals surface area (Å²) in [5, 5.41) is 5.93. The molecule has 0 aromatic carbocycles. The van der Waals surface area contributed by atoms with Crippen LogP contribution in [0.4, 0.5) is 5.82 Å². The van der Waals surface area contributed by atoms with E-state index in [1.807, 2.05) is 12.1 Å². The molecule has 2 heterocycles. The number of methoxy groups -OCH3 is 1. The van der Waals surface area contributed by atoms with Crippen molar-refractivity contribution in [3.63, 3.8) is 0 Å². The van der Waals surface area contributed by atoms with Crippen molar-refractivity contribution in [2.45, 2.75) is 12.5 Å². The summed E-state index contributed by atoms with van der Waals surface area (Å²) in [7, 11) is 1.58. The molecule has 1 atom stereocenters. The summed E-state index contributed by atoms with van der Waals surface area (Å²) in [5.41, 5.74) is 0. The average Bonchev–Trinajstić information content (AvgIpc) is 2.64. The summed E-state index contributed by atoms with van der Waals surface area (Å²) in [6, 6.07) is 5.62. The second-order valence-electron chi connectivity index (χ2n) is 3.41. The van der Waals surface area contributed by atoms with Crippen LogP contribution in [0.15, 0.2) is 18.2 Å². The van der Waals surface area contributed by atoms with Gasteiger partial charge in [-0.2, -0.15) is 4.98 Å². The topological polar surface area (TPSA) is 63.2 Å². The lowest BCUT2D eigenvalue weighted by Crippen LogP contribution is -2.22. The number of pyridine rings is 1. The highest BCUT2D eigenvalue weighted by molar-refractivity contribution is 5.79. The fourth-order valence-electron chi connectivity index (χ4n) is 1.53. The lowest BCUT2D eigenvalue weighted by Gasteiger charge is -2.11. The van der Waals surface area contributed by atoms with Crippen molar-refractivity contribution in [1.82, 2.24) is 10.3 Å². The average molecular weight is 207 g/mol. The number of amides is 1. The Morgan fingerprint density at radius 1 is 1.60 bits per heavy atom. The number of carbonyl (C=O) groups excluding carboxylic acids is 1. The number of hydrogen-bond acceptors (Lipinski definition) is 4. The van der Waals surface area contributed by atoms with Crippen molar-refractivity contribution in [3.8, 4) is 5.88 Å². The molecule has 1 aromatic heterocycles. The number of rotatable bonds is 3. The summed E-state index contributed by atoms with van der Waals surface area (Å²) in [6.45, 7) is 0.651. The van der Waals surface area contributed by atoms with Gasteiger partial charge in [-0.25, -0.2) is 0 Å². The molecule has 2 rings (SSSR count). The first-order valence-corrected chi connectivity index (χ1v) is 4.82. The van der Waals surface area contributed by atoms with Crippen molar-refractivity contribution in [2.75, 3.05) is 19.0 Å². The van der Waals surface area contributed by atoms with Crippen molar-refractivity contribution in [1.29, 1.82) is 0 Å². The Hall–Kier alpha value is -1.78.